The molecule has 1 aliphatic carbocycles. The highest BCUT2D eigenvalue weighted by molar-refractivity contribution is 5.97. The molecule has 2 amide bonds. The quantitative estimate of drug-likeness (QED) is 0.690. The van der Waals surface area contributed by atoms with Crippen molar-refractivity contribution in [3.8, 4) is 0 Å². The Morgan fingerprint density at radius 1 is 1.15 bits per heavy atom. The largest absolute Gasteiger partial charge is 0.367 e. The van der Waals surface area contributed by atoms with E-state index in [1.165, 1.54) is 6.20 Å². The van der Waals surface area contributed by atoms with Crippen LogP contribution in [0.5, 0.6) is 0 Å². The second kappa shape index (κ2) is 8.96. The number of carbonyl (C=O) groups is 2. The van der Waals surface area contributed by atoms with Crippen molar-refractivity contribution >= 4 is 17.6 Å². The molecule has 1 aliphatic rings. The molecule has 0 atom stereocenters. The fourth-order valence-corrected chi connectivity index (χ4v) is 3.12. The van der Waals surface area contributed by atoms with Crippen molar-refractivity contribution in [1.29, 1.82) is 0 Å². The average Bonchev–Trinajstić information content (AvgIpc) is 2.56. The number of amides is 2. The second-order valence-corrected chi connectivity index (χ2v) is 7.87. The van der Waals surface area contributed by atoms with E-state index in [9.17, 15) is 9.59 Å². The summed E-state index contributed by atoms with van der Waals surface area (Å²) in [5.41, 5.74) is 5.80. The van der Waals surface area contributed by atoms with Gasteiger partial charge in [0.05, 0.1) is 5.56 Å². The Labute approximate surface area is 155 Å². The second-order valence-electron chi connectivity index (χ2n) is 7.87. The first-order chi connectivity index (χ1) is 12.3. The summed E-state index contributed by atoms with van der Waals surface area (Å²) < 4.78 is 0. The molecule has 7 heteroatoms. The molecule has 0 spiro atoms. The molecule has 0 aliphatic heterocycles. The van der Waals surface area contributed by atoms with E-state index in [-0.39, 0.29) is 23.9 Å². The molecule has 1 aromatic heterocycles. The normalized spacial score (nSPS) is 20.2. The van der Waals surface area contributed by atoms with Crippen LogP contribution in [-0.4, -0.2) is 33.9 Å². The van der Waals surface area contributed by atoms with Gasteiger partial charge in [0.15, 0.2) is 0 Å². The van der Waals surface area contributed by atoms with Crippen LogP contribution in [0.4, 0.5) is 5.82 Å². The highest BCUT2D eigenvalue weighted by Gasteiger charge is 2.24. The van der Waals surface area contributed by atoms with E-state index in [4.69, 9.17) is 5.73 Å². The highest BCUT2D eigenvalue weighted by atomic mass is 16.2. The van der Waals surface area contributed by atoms with Gasteiger partial charge in [-0.3, -0.25) is 9.59 Å². The van der Waals surface area contributed by atoms with E-state index >= 15 is 0 Å². The predicted octanol–water partition coefficient (Wildman–Crippen LogP) is 2.27. The average molecular weight is 361 g/mol. The van der Waals surface area contributed by atoms with E-state index < -0.39 is 5.91 Å². The summed E-state index contributed by atoms with van der Waals surface area (Å²) in [6.45, 7) is 8.01. The van der Waals surface area contributed by atoms with Crippen molar-refractivity contribution in [1.82, 2.24) is 15.3 Å². The van der Waals surface area contributed by atoms with Gasteiger partial charge in [-0.05, 0) is 31.6 Å². The third-order valence-corrected chi connectivity index (χ3v) is 4.63. The molecule has 1 saturated carbocycles. The summed E-state index contributed by atoms with van der Waals surface area (Å²) in [5, 5.41) is 6.47. The van der Waals surface area contributed by atoms with Gasteiger partial charge >= 0.3 is 0 Å². The number of carbonyl (C=O) groups excluding carboxylic acids is 2. The molecule has 0 radical (unpaired) electrons. The maximum absolute atomic E-state index is 11.8. The topological polar surface area (TPSA) is 110 Å². The van der Waals surface area contributed by atoms with Crippen molar-refractivity contribution in [3.05, 3.63) is 17.6 Å². The zero-order valence-corrected chi connectivity index (χ0v) is 16.2. The Hall–Kier alpha value is -2.18. The first-order valence-corrected chi connectivity index (χ1v) is 9.48. The fourth-order valence-electron chi connectivity index (χ4n) is 3.12. The third kappa shape index (κ3) is 5.68. The molecular weight excluding hydrogens is 330 g/mol. The number of nitrogens with one attached hydrogen (secondary N) is 2. The van der Waals surface area contributed by atoms with Crippen molar-refractivity contribution in [2.75, 3.05) is 5.32 Å². The first kappa shape index (κ1) is 20.1. The molecule has 7 nitrogen and oxygen atoms in total. The van der Waals surface area contributed by atoms with Gasteiger partial charge in [-0.2, -0.15) is 0 Å². The molecule has 1 heterocycles. The molecular formula is C19H31N5O2. The summed E-state index contributed by atoms with van der Waals surface area (Å²) >= 11 is 0. The lowest BCUT2D eigenvalue weighted by Crippen LogP contribution is -2.42. The minimum atomic E-state index is -0.526. The molecule has 4 N–H and O–H groups in total. The van der Waals surface area contributed by atoms with Crippen LogP contribution in [0.3, 0.4) is 0 Å². The molecule has 0 aromatic carbocycles. The molecule has 0 bridgehead atoms. The maximum Gasteiger partial charge on any atom is 0.254 e. The van der Waals surface area contributed by atoms with E-state index in [1.54, 1.807) is 0 Å². The lowest BCUT2D eigenvalue weighted by Gasteiger charge is -2.30. The number of aromatic nitrogens is 2. The number of nitrogens with zero attached hydrogens (tertiary/aromatic N) is 2. The van der Waals surface area contributed by atoms with Gasteiger partial charge in [-0.15, -0.1) is 0 Å². The summed E-state index contributed by atoms with van der Waals surface area (Å²) in [7, 11) is 0. The molecule has 26 heavy (non-hydrogen) atoms. The number of hydrogen-bond acceptors (Lipinski definition) is 5. The lowest BCUT2D eigenvalue weighted by molar-refractivity contribution is -0.124. The number of rotatable bonds is 7. The van der Waals surface area contributed by atoms with Gasteiger partial charge < -0.3 is 16.4 Å². The first-order valence-electron chi connectivity index (χ1n) is 9.48. The van der Waals surface area contributed by atoms with Crippen molar-refractivity contribution in [3.63, 3.8) is 0 Å². The van der Waals surface area contributed by atoms with Crippen molar-refractivity contribution in [2.24, 2.45) is 17.6 Å². The summed E-state index contributed by atoms with van der Waals surface area (Å²) in [6.07, 6.45) is 5.90. The number of primary amides is 1. The zero-order chi connectivity index (χ0) is 19.3. The Kier molecular flexibility index (Phi) is 6.94. The van der Waals surface area contributed by atoms with Crippen LogP contribution in [-0.2, 0) is 11.2 Å². The van der Waals surface area contributed by atoms with Crippen LogP contribution < -0.4 is 16.4 Å². The fraction of sp³-hybridized carbons (Fsp3) is 0.684. The van der Waals surface area contributed by atoms with E-state index in [0.29, 0.717) is 23.1 Å². The number of nitrogens with two attached hydrogens (primary N) is 1. The smallest absolute Gasteiger partial charge is 0.254 e. The lowest BCUT2D eigenvalue weighted by atomic mass is 9.90. The Morgan fingerprint density at radius 3 is 2.31 bits per heavy atom. The monoisotopic (exact) mass is 361 g/mol. The Bertz CT molecular complexity index is 637. The third-order valence-electron chi connectivity index (χ3n) is 4.63. The SMILES string of the molecule is CC(C)Cc1ncc(C(N)=O)c(NC2CCC(NC(=O)C(C)C)CC2)n1. The highest BCUT2D eigenvalue weighted by Crippen LogP contribution is 2.23. The Balaban J connectivity index is 2.00. The molecule has 1 fully saturated rings. The number of anilines is 1. The van der Waals surface area contributed by atoms with Crippen molar-refractivity contribution < 1.29 is 9.59 Å². The minimum Gasteiger partial charge on any atom is -0.367 e. The predicted molar refractivity (Wildman–Crippen MR) is 102 cm³/mol. The molecule has 1 aromatic rings. The zero-order valence-electron chi connectivity index (χ0n) is 16.2. The summed E-state index contributed by atoms with van der Waals surface area (Å²) in [5.74, 6) is 1.25. The van der Waals surface area contributed by atoms with Gasteiger partial charge in [-0.25, -0.2) is 9.97 Å². The summed E-state index contributed by atoms with van der Waals surface area (Å²) in [4.78, 5) is 32.3. The standard InChI is InChI=1S/C19H31N5O2/c1-11(2)9-16-21-10-15(17(20)25)18(24-16)22-13-5-7-14(8-6-13)23-19(26)12(3)4/h10-14H,5-9H2,1-4H3,(H2,20,25)(H,23,26)(H,21,22,24). The molecule has 144 valence electrons. The van der Waals surface area contributed by atoms with Gasteiger partial charge in [0.25, 0.3) is 5.91 Å². The molecule has 2 rings (SSSR count). The minimum absolute atomic E-state index is 0.00405. The molecule has 0 saturated heterocycles. The van der Waals surface area contributed by atoms with Crippen LogP contribution in [0.1, 0.15) is 69.6 Å². The van der Waals surface area contributed by atoms with Crippen LogP contribution >= 0.6 is 0 Å². The van der Waals surface area contributed by atoms with Crippen molar-refractivity contribution in [2.45, 2.75) is 71.9 Å². The van der Waals surface area contributed by atoms with Crippen LogP contribution in [0.25, 0.3) is 0 Å². The van der Waals surface area contributed by atoms with Gasteiger partial charge in [0.1, 0.15) is 11.6 Å². The van der Waals surface area contributed by atoms with Gasteiger partial charge in [0.2, 0.25) is 5.91 Å². The van der Waals surface area contributed by atoms with Crippen LogP contribution in [0.15, 0.2) is 6.20 Å². The van der Waals surface area contributed by atoms with Crippen LogP contribution in [0, 0.1) is 11.8 Å². The van der Waals surface area contributed by atoms with E-state index in [2.05, 4.69) is 34.4 Å². The Morgan fingerprint density at radius 2 is 1.77 bits per heavy atom. The van der Waals surface area contributed by atoms with Gasteiger partial charge in [-0.1, -0.05) is 27.7 Å². The van der Waals surface area contributed by atoms with Gasteiger partial charge in [0, 0.05) is 30.6 Å². The number of hydrogen-bond donors (Lipinski definition) is 3. The maximum atomic E-state index is 11.8. The van der Waals surface area contributed by atoms with E-state index in [0.717, 1.165) is 32.1 Å². The molecule has 0 unspecified atom stereocenters. The van der Waals surface area contributed by atoms with E-state index in [1.807, 2.05) is 13.8 Å². The van der Waals surface area contributed by atoms with Crippen LogP contribution in [0.2, 0.25) is 0 Å². The summed E-state index contributed by atoms with van der Waals surface area (Å²) in [6, 6.07) is 0.433.